The van der Waals surface area contributed by atoms with Crippen LogP contribution in [-0.4, -0.2) is 103 Å². The van der Waals surface area contributed by atoms with E-state index in [2.05, 4.69) is 0 Å². The van der Waals surface area contributed by atoms with Gasteiger partial charge in [-0.15, -0.1) is 0 Å². The number of hydrogen-bond donors (Lipinski definition) is 2. The lowest BCUT2D eigenvalue weighted by Crippen LogP contribution is -2.56. The van der Waals surface area contributed by atoms with E-state index in [-0.39, 0.29) is 30.4 Å². The molecule has 0 bridgehead atoms. The van der Waals surface area contributed by atoms with Gasteiger partial charge in [0.05, 0.1) is 91.0 Å². The molecule has 0 spiro atoms. The Kier molecular flexibility index (Phi) is 11.2. The molecule has 0 unspecified atom stereocenters. The average molecular weight is 761 g/mol. The molecule has 0 atom stereocenters. The third-order valence-corrected chi connectivity index (χ3v) is 11.4. The number of hydrogen-bond acceptors (Lipinski definition) is 12. The van der Waals surface area contributed by atoms with Crippen molar-refractivity contribution >= 4 is 31.6 Å². The minimum absolute atomic E-state index is 0.0236. The molecule has 0 radical (unpaired) electrons. The van der Waals surface area contributed by atoms with E-state index in [4.69, 9.17) is 38.4 Å². The average Bonchev–Trinajstić information content (AvgIpc) is 3.12. The van der Waals surface area contributed by atoms with Crippen molar-refractivity contribution in [3.8, 4) is 57.0 Å². The summed E-state index contributed by atoms with van der Waals surface area (Å²) in [5.74, 6) is 1.04. The molecule has 1 saturated heterocycles. The van der Waals surface area contributed by atoms with E-state index >= 15 is 0 Å². The molecule has 0 aliphatic carbocycles. The Morgan fingerprint density at radius 1 is 0.596 bits per heavy atom. The first kappa shape index (κ1) is 38.5. The Morgan fingerprint density at radius 3 is 1.19 bits per heavy atom. The Balaban J connectivity index is 1.60. The molecule has 15 nitrogen and oxygen atoms in total. The first-order valence-corrected chi connectivity index (χ1v) is 19.2. The van der Waals surface area contributed by atoms with E-state index < -0.39 is 37.2 Å². The van der Waals surface area contributed by atoms with Crippen molar-refractivity contribution < 1.29 is 54.4 Å². The Bertz CT molecular complexity index is 1920. The molecule has 17 heteroatoms. The molecule has 2 aromatic carbocycles. The smallest absolute Gasteiger partial charge is 0.265 e. The van der Waals surface area contributed by atoms with Gasteiger partial charge in [0.1, 0.15) is 0 Å². The Morgan fingerprint density at radius 2 is 0.942 bits per heavy atom. The van der Waals surface area contributed by atoms with Gasteiger partial charge in [-0.05, 0) is 36.4 Å². The summed E-state index contributed by atoms with van der Waals surface area (Å²) in [5.41, 5.74) is 2.58. The minimum Gasteiger partial charge on any atom is -0.493 e. The molecule has 0 amide bonds. The molecular weight excluding hydrogens is 719 g/mol. The largest absolute Gasteiger partial charge is 0.493 e. The third kappa shape index (κ3) is 8.03. The molecule has 3 heterocycles. The van der Waals surface area contributed by atoms with Crippen LogP contribution in [0.4, 0.5) is 11.4 Å². The van der Waals surface area contributed by atoms with Gasteiger partial charge in [-0.25, -0.2) is 0 Å². The Labute approximate surface area is 303 Å². The molecule has 4 aromatic rings. The molecule has 0 saturated carbocycles. The highest BCUT2D eigenvalue weighted by molar-refractivity contribution is 7.86. The SMILES string of the molecule is COc1cc(-c2ccc([N+]3(c4ccc(-c5cc(OC)c(OC)c(OC)c5)nc4)CCC(CS(=O)(=O)O)(CS(=O)(=O)O)CC3)cn2)cc(OC)c1OC. The maximum absolute atomic E-state index is 12.1. The van der Waals surface area contributed by atoms with Crippen molar-refractivity contribution in [2.45, 2.75) is 12.8 Å². The highest BCUT2D eigenvalue weighted by Gasteiger charge is 2.49. The number of methoxy groups -OCH3 is 6. The van der Waals surface area contributed by atoms with E-state index in [1.807, 2.05) is 24.3 Å². The molecule has 2 N–H and O–H groups in total. The fourth-order valence-corrected chi connectivity index (χ4v) is 9.40. The summed E-state index contributed by atoms with van der Waals surface area (Å²) in [6, 6.07) is 14.5. The second-order valence-electron chi connectivity index (χ2n) is 12.5. The molecule has 1 fully saturated rings. The number of rotatable bonds is 14. The van der Waals surface area contributed by atoms with Crippen LogP contribution in [0, 0.1) is 5.41 Å². The van der Waals surface area contributed by atoms with Crippen LogP contribution in [-0.2, 0) is 20.2 Å². The second kappa shape index (κ2) is 15.1. The fraction of sp³-hybridized carbons (Fsp3) is 0.371. The lowest BCUT2D eigenvalue weighted by atomic mass is 9.80. The van der Waals surface area contributed by atoms with Crippen LogP contribution in [0.3, 0.4) is 0 Å². The number of piperidine rings is 1. The lowest BCUT2D eigenvalue weighted by Gasteiger charge is -2.46. The van der Waals surface area contributed by atoms with Crippen LogP contribution in [0.5, 0.6) is 34.5 Å². The van der Waals surface area contributed by atoms with Crippen LogP contribution in [0.2, 0.25) is 0 Å². The first-order chi connectivity index (χ1) is 24.6. The van der Waals surface area contributed by atoms with Crippen LogP contribution in [0.25, 0.3) is 22.5 Å². The monoisotopic (exact) mass is 760 g/mol. The van der Waals surface area contributed by atoms with Crippen LogP contribution >= 0.6 is 0 Å². The second-order valence-corrected chi connectivity index (χ2v) is 15.4. The van der Waals surface area contributed by atoms with E-state index in [1.165, 1.54) is 42.7 Å². The van der Waals surface area contributed by atoms with E-state index in [0.717, 1.165) is 0 Å². The van der Waals surface area contributed by atoms with Crippen LogP contribution in [0.15, 0.2) is 60.9 Å². The molecule has 1 aliphatic rings. The lowest BCUT2D eigenvalue weighted by molar-refractivity contribution is 0.179. The van der Waals surface area contributed by atoms with Gasteiger partial charge in [0.15, 0.2) is 34.4 Å². The summed E-state index contributed by atoms with van der Waals surface area (Å²) in [6.45, 7) is 0.392. The van der Waals surface area contributed by atoms with Crippen molar-refractivity contribution in [3.05, 3.63) is 60.9 Å². The number of quaternary nitrogens is 1. The van der Waals surface area contributed by atoms with Gasteiger partial charge < -0.3 is 28.4 Å². The maximum atomic E-state index is 12.1. The number of nitrogens with zero attached hydrogens (tertiary/aromatic N) is 3. The van der Waals surface area contributed by atoms with E-state index in [1.54, 1.807) is 36.7 Å². The van der Waals surface area contributed by atoms with Gasteiger partial charge in [-0.3, -0.25) is 23.6 Å². The van der Waals surface area contributed by atoms with E-state index in [0.29, 0.717) is 68.4 Å². The zero-order valence-electron chi connectivity index (χ0n) is 29.7. The van der Waals surface area contributed by atoms with Crippen molar-refractivity contribution in [1.82, 2.24) is 14.5 Å². The zero-order chi connectivity index (χ0) is 37.9. The normalized spacial score (nSPS) is 15.4. The first-order valence-electron chi connectivity index (χ1n) is 15.9. The van der Waals surface area contributed by atoms with Crippen molar-refractivity contribution in [2.24, 2.45) is 5.41 Å². The summed E-state index contributed by atoms with van der Waals surface area (Å²) >= 11 is 0. The van der Waals surface area contributed by atoms with Gasteiger partial charge in [0.25, 0.3) is 20.2 Å². The Hall–Kier alpha value is -4.68. The summed E-state index contributed by atoms with van der Waals surface area (Å²) in [7, 11) is -0.0723. The minimum atomic E-state index is -4.59. The molecule has 1 aliphatic heterocycles. The highest BCUT2D eigenvalue weighted by Crippen LogP contribution is 2.47. The quantitative estimate of drug-likeness (QED) is 0.128. The summed E-state index contributed by atoms with van der Waals surface area (Å²) in [5, 5.41) is 0. The van der Waals surface area contributed by atoms with Crippen molar-refractivity contribution in [1.29, 1.82) is 0 Å². The van der Waals surface area contributed by atoms with Crippen LogP contribution < -0.4 is 32.9 Å². The fourth-order valence-electron chi connectivity index (χ4n) is 6.94. The topological polar surface area (TPSA) is 190 Å². The predicted molar refractivity (Wildman–Crippen MR) is 194 cm³/mol. The number of aromatic nitrogens is 2. The van der Waals surface area contributed by atoms with Gasteiger partial charge in [0.2, 0.25) is 11.5 Å². The highest BCUT2D eigenvalue weighted by atomic mass is 32.2. The molecular formula is C35H42N3O12S2+. The summed E-state index contributed by atoms with van der Waals surface area (Å²) < 4.78 is 101. The predicted octanol–water partition coefficient (Wildman–Crippen LogP) is 5.06. The summed E-state index contributed by atoms with van der Waals surface area (Å²) in [6.07, 6.45) is 3.44. The molecule has 52 heavy (non-hydrogen) atoms. The zero-order valence-corrected chi connectivity index (χ0v) is 31.3. The van der Waals surface area contributed by atoms with Gasteiger partial charge in [-0.2, -0.15) is 16.8 Å². The third-order valence-electron chi connectivity index (χ3n) is 9.43. The van der Waals surface area contributed by atoms with Gasteiger partial charge in [-0.1, -0.05) is 0 Å². The molecule has 280 valence electrons. The number of benzene rings is 2. The standard InChI is InChI=1S/C35H41N3O12S2/c1-45-29-15-23(16-30(46-2)33(29)49-5)27-9-7-25(19-36-27)38(13-11-35(12-14-38,21-51(39,40)41)22-52(42,43)44)26-8-10-28(37-20-26)24-17-31(47-3)34(50-6)32(18-24)48-4/h7-10,15-20H,11-14,21-22H2,1-6H3,(H-,39,40,41,42,43,44)/p+1. The van der Waals surface area contributed by atoms with Gasteiger partial charge >= 0.3 is 0 Å². The number of pyridine rings is 2. The van der Waals surface area contributed by atoms with Gasteiger partial charge in [0, 0.05) is 41.5 Å². The van der Waals surface area contributed by atoms with Crippen molar-refractivity contribution in [2.75, 3.05) is 67.3 Å². The van der Waals surface area contributed by atoms with Crippen LogP contribution in [0.1, 0.15) is 12.8 Å². The number of ether oxygens (including phenoxy) is 6. The molecule has 5 rings (SSSR count). The van der Waals surface area contributed by atoms with E-state index in [9.17, 15) is 25.9 Å². The van der Waals surface area contributed by atoms with Crippen molar-refractivity contribution in [3.63, 3.8) is 0 Å². The summed E-state index contributed by atoms with van der Waals surface area (Å²) in [4.78, 5) is 9.55. The maximum Gasteiger partial charge on any atom is 0.265 e. The molecule has 2 aromatic heterocycles.